The Morgan fingerprint density at radius 1 is 1.09 bits per heavy atom. The number of hydrogen-bond donors (Lipinski definition) is 2. The molecular weight excluding hydrogens is 333 g/mol. The predicted octanol–water partition coefficient (Wildman–Crippen LogP) is 4.38. The molecule has 2 aromatic rings. The number of benzene rings is 2. The van der Waals surface area contributed by atoms with Gasteiger partial charge in [0, 0.05) is 18.1 Å². The van der Waals surface area contributed by atoms with Crippen LogP contribution in [0.15, 0.2) is 42.5 Å². The second-order valence-electron chi connectivity index (χ2n) is 5.44. The monoisotopic (exact) mass is 351 g/mol. The molecule has 0 bridgehead atoms. The molecule has 2 amide bonds. The van der Waals surface area contributed by atoms with Gasteiger partial charge >= 0.3 is 6.03 Å². The van der Waals surface area contributed by atoms with E-state index in [0.29, 0.717) is 22.3 Å². The average Bonchev–Trinajstić information content (AvgIpc) is 2.49. The Labute approximate surface area is 146 Å². The third kappa shape index (κ3) is 5.43. The van der Waals surface area contributed by atoms with Gasteiger partial charge in [0.15, 0.2) is 0 Å². The van der Waals surface area contributed by atoms with E-state index < -0.39 is 0 Å². The van der Waals surface area contributed by atoms with Crippen LogP contribution in [-0.4, -0.2) is 25.0 Å². The fourth-order valence-electron chi connectivity index (χ4n) is 2.16. The van der Waals surface area contributed by atoms with Crippen LogP contribution in [0, 0.1) is 0 Å². The van der Waals surface area contributed by atoms with Gasteiger partial charge in [-0.25, -0.2) is 4.79 Å². The smallest absolute Gasteiger partial charge is 0.319 e. The van der Waals surface area contributed by atoms with Crippen LogP contribution >= 0.6 is 23.2 Å². The van der Waals surface area contributed by atoms with Crippen molar-refractivity contribution in [2.75, 3.05) is 19.4 Å². The molecule has 0 spiro atoms. The standard InChI is InChI=1S/C17H19Cl2N3O/c1-22(2)11-13-6-4-3-5-12(13)10-20-17(23)21-16-8-7-14(18)9-15(16)19/h3-9H,10-11H2,1-2H3,(H2,20,21,23). The molecule has 0 atom stereocenters. The van der Waals surface area contributed by atoms with Crippen molar-refractivity contribution >= 4 is 34.9 Å². The lowest BCUT2D eigenvalue weighted by molar-refractivity contribution is 0.251. The number of rotatable bonds is 5. The topological polar surface area (TPSA) is 44.4 Å². The van der Waals surface area contributed by atoms with Crippen LogP contribution in [0.5, 0.6) is 0 Å². The van der Waals surface area contributed by atoms with Crippen molar-refractivity contribution in [2.24, 2.45) is 0 Å². The van der Waals surface area contributed by atoms with E-state index in [-0.39, 0.29) is 6.03 Å². The van der Waals surface area contributed by atoms with E-state index in [1.54, 1.807) is 18.2 Å². The van der Waals surface area contributed by atoms with Crippen LogP contribution < -0.4 is 10.6 Å². The number of hydrogen-bond acceptors (Lipinski definition) is 2. The maximum atomic E-state index is 12.0. The highest BCUT2D eigenvalue weighted by molar-refractivity contribution is 6.36. The molecule has 0 aliphatic rings. The van der Waals surface area contributed by atoms with Gasteiger partial charge in [-0.2, -0.15) is 0 Å². The lowest BCUT2D eigenvalue weighted by atomic mass is 10.1. The number of halogens is 2. The maximum absolute atomic E-state index is 12.0. The zero-order valence-corrected chi connectivity index (χ0v) is 14.6. The first-order valence-corrected chi connectivity index (χ1v) is 7.92. The Balaban J connectivity index is 1.97. The minimum atomic E-state index is -0.311. The summed E-state index contributed by atoms with van der Waals surface area (Å²) in [7, 11) is 4.03. The van der Waals surface area contributed by atoms with Gasteiger partial charge in [0.25, 0.3) is 0 Å². The van der Waals surface area contributed by atoms with Gasteiger partial charge in [0.2, 0.25) is 0 Å². The SMILES string of the molecule is CN(C)Cc1ccccc1CNC(=O)Nc1ccc(Cl)cc1Cl. The van der Waals surface area contributed by atoms with Gasteiger partial charge in [-0.15, -0.1) is 0 Å². The van der Waals surface area contributed by atoms with Crippen molar-refractivity contribution in [2.45, 2.75) is 13.1 Å². The van der Waals surface area contributed by atoms with Crippen LogP contribution in [0.25, 0.3) is 0 Å². The quantitative estimate of drug-likeness (QED) is 0.839. The largest absolute Gasteiger partial charge is 0.334 e. The molecule has 0 unspecified atom stereocenters. The summed E-state index contributed by atoms with van der Waals surface area (Å²) in [6.45, 7) is 1.27. The molecule has 122 valence electrons. The van der Waals surface area contributed by atoms with E-state index in [0.717, 1.165) is 12.1 Å². The first-order chi connectivity index (χ1) is 11.0. The molecule has 2 aromatic carbocycles. The molecule has 2 rings (SSSR count). The number of urea groups is 1. The minimum absolute atomic E-state index is 0.311. The van der Waals surface area contributed by atoms with Gasteiger partial charge < -0.3 is 15.5 Å². The van der Waals surface area contributed by atoms with Crippen LogP contribution in [0.2, 0.25) is 10.0 Å². The summed E-state index contributed by atoms with van der Waals surface area (Å²) < 4.78 is 0. The Hall–Kier alpha value is -1.75. The lowest BCUT2D eigenvalue weighted by Crippen LogP contribution is -2.29. The third-order valence-electron chi connectivity index (χ3n) is 3.22. The molecule has 2 N–H and O–H groups in total. The first-order valence-electron chi connectivity index (χ1n) is 7.17. The summed E-state index contributed by atoms with van der Waals surface area (Å²) in [6, 6.07) is 12.7. The molecule has 0 heterocycles. The van der Waals surface area contributed by atoms with Crippen molar-refractivity contribution in [3.05, 3.63) is 63.6 Å². The number of amides is 2. The maximum Gasteiger partial charge on any atom is 0.319 e. The Morgan fingerprint density at radius 2 is 1.78 bits per heavy atom. The van der Waals surface area contributed by atoms with Crippen molar-refractivity contribution in [3.63, 3.8) is 0 Å². The fourth-order valence-corrected chi connectivity index (χ4v) is 2.61. The molecule has 0 saturated heterocycles. The van der Waals surface area contributed by atoms with E-state index in [9.17, 15) is 4.79 Å². The normalized spacial score (nSPS) is 10.7. The van der Waals surface area contributed by atoms with Gasteiger partial charge in [-0.05, 0) is 43.4 Å². The van der Waals surface area contributed by atoms with Gasteiger partial charge in [0.05, 0.1) is 10.7 Å². The Morgan fingerprint density at radius 3 is 2.43 bits per heavy atom. The Bertz CT molecular complexity index is 689. The molecule has 0 radical (unpaired) electrons. The predicted molar refractivity (Wildman–Crippen MR) is 96.2 cm³/mol. The second kappa shape index (κ2) is 8.20. The van der Waals surface area contributed by atoms with Crippen molar-refractivity contribution < 1.29 is 4.79 Å². The van der Waals surface area contributed by atoms with Gasteiger partial charge in [-0.3, -0.25) is 0 Å². The van der Waals surface area contributed by atoms with Crippen LogP contribution in [-0.2, 0) is 13.1 Å². The summed E-state index contributed by atoms with van der Waals surface area (Å²) in [6.07, 6.45) is 0. The molecule has 0 fully saturated rings. The molecule has 23 heavy (non-hydrogen) atoms. The highest BCUT2D eigenvalue weighted by atomic mass is 35.5. The third-order valence-corrected chi connectivity index (χ3v) is 3.77. The van der Waals surface area contributed by atoms with Crippen molar-refractivity contribution in [1.82, 2.24) is 10.2 Å². The van der Waals surface area contributed by atoms with E-state index in [1.807, 2.05) is 32.3 Å². The van der Waals surface area contributed by atoms with Crippen LogP contribution in [0.3, 0.4) is 0 Å². The zero-order valence-electron chi connectivity index (χ0n) is 13.1. The van der Waals surface area contributed by atoms with Gasteiger partial charge in [-0.1, -0.05) is 47.5 Å². The first kappa shape index (κ1) is 17.6. The zero-order chi connectivity index (χ0) is 16.8. The van der Waals surface area contributed by atoms with Crippen LogP contribution in [0.4, 0.5) is 10.5 Å². The lowest BCUT2D eigenvalue weighted by Gasteiger charge is -2.15. The number of nitrogens with zero attached hydrogens (tertiary/aromatic N) is 1. The molecule has 6 heteroatoms. The van der Waals surface area contributed by atoms with E-state index >= 15 is 0 Å². The van der Waals surface area contributed by atoms with Crippen LogP contribution in [0.1, 0.15) is 11.1 Å². The highest BCUT2D eigenvalue weighted by Crippen LogP contribution is 2.25. The van der Waals surface area contributed by atoms with Crippen molar-refractivity contribution in [3.8, 4) is 0 Å². The van der Waals surface area contributed by atoms with Crippen molar-refractivity contribution in [1.29, 1.82) is 0 Å². The molecular formula is C17H19Cl2N3O. The summed E-state index contributed by atoms with van der Waals surface area (Å²) >= 11 is 11.9. The minimum Gasteiger partial charge on any atom is -0.334 e. The van der Waals surface area contributed by atoms with E-state index in [1.165, 1.54) is 5.56 Å². The summed E-state index contributed by atoms with van der Waals surface area (Å²) in [5.41, 5.74) is 2.79. The summed E-state index contributed by atoms with van der Waals surface area (Å²) in [4.78, 5) is 14.1. The second-order valence-corrected chi connectivity index (χ2v) is 6.28. The molecule has 0 aliphatic heterocycles. The van der Waals surface area contributed by atoms with E-state index in [4.69, 9.17) is 23.2 Å². The number of nitrogens with one attached hydrogen (secondary N) is 2. The highest BCUT2D eigenvalue weighted by Gasteiger charge is 2.08. The average molecular weight is 352 g/mol. The number of anilines is 1. The summed E-state index contributed by atoms with van der Waals surface area (Å²) in [5, 5.41) is 6.49. The molecule has 0 saturated carbocycles. The Kier molecular flexibility index (Phi) is 6.28. The molecule has 0 aromatic heterocycles. The van der Waals surface area contributed by atoms with E-state index in [2.05, 4.69) is 21.6 Å². The molecule has 0 aliphatic carbocycles. The number of carbonyl (C=O) groups excluding carboxylic acids is 1. The molecule has 4 nitrogen and oxygen atoms in total. The summed E-state index contributed by atoms with van der Waals surface area (Å²) in [5.74, 6) is 0. The number of carbonyl (C=O) groups is 1. The van der Waals surface area contributed by atoms with Gasteiger partial charge in [0.1, 0.15) is 0 Å². The fraction of sp³-hybridized carbons (Fsp3) is 0.235.